The third-order valence-corrected chi connectivity index (χ3v) is 2.44. The van der Waals surface area contributed by atoms with Gasteiger partial charge in [-0.15, -0.1) is 12.4 Å². The van der Waals surface area contributed by atoms with Crippen LogP contribution in [0.1, 0.15) is 13.7 Å². The van der Waals surface area contributed by atoms with Crippen LogP contribution in [0.3, 0.4) is 0 Å². The number of para-hydroxylation sites is 2. The standard InChI is InChI=1S/C13H19NO3.ClH/c1-2-15-12-5-3-4-6-13(12)17-10-11-9-14-7-8-16-11;/h3-6,11,14H,2,7-10H2,1H3;1H/t11-;/m0./s1/i1D3,2D2;. The molecular formula is C13H20ClNO3. The fourth-order valence-electron chi connectivity index (χ4n) is 1.62. The van der Waals surface area contributed by atoms with Crippen molar-refractivity contribution in [1.82, 2.24) is 5.32 Å². The van der Waals surface area contributed by atoms with Crippen LogP contribution in [-0.2, 0) is 4.74 Å². The van der Waals surface area contributed by atoms with E-state index in [1.807, 2.05) is 0 Å². The number of rotatable bonds is 5. The van der Waals surface area contributed by atoms with Crippen molar-refractivity contribution >= 4 is 12.4 Å². The lowest BCUT2D eigenvalue weighted by atomic mass is 10.3. The van der Waals surface area contributed by atoms with Crippen LogP contribution in [0.4, 0.5) is 0 Å². The molecule has 1 N–H and O–H groups in total. The molecule has 0 radical (unpaired) electrons. The van der Waals surface area contributed by atoms with Crippen molar-refractivity contribution < 1.29 is 21.1 Å². The molecule has 0 unspecified atom stereocenters. The minimum Gasteiger partial charge on any atom is -0.490 e. The summed E-state index contributed by atoms with van der Waals surface area (Å²) in [6.45, 7) is -3.35. The Hall–Kier alpha value is -0.970. The number of benzene rings is 1. The van der Waals surface area contributed by atoms with Crippen LogP contribution in [0.5, 0.6) is 11.5 Å². The van der Waals surface area contributed by atoms with Crippen molar-refractivity contribution in [2.24, 2.45) is 0 Å². The summed E-state index contributed by atoms with van der Waals surface area (Å²) in [6, 6.07) is 6.39. The Balaban J connectivity index is 0.00000264. The average Bonchev–Trinajstić information content (AvgIpc) is 2.46. The van der Waals surface area contributed by atoms with Gasteiger partial charge in [-0.2, -0.15) is 0 Å². The first-order chi connectivity index (χ1) is 10.3. The van der Waals surface area contributed by atoms with Crippen molar-refractivity contribution in [3.63, 3.8) is 0 Å². The molecule has 2 rings (SSSR count). The molecule has 1 aliphatic heterocycles. The Morgan fingerprint density at radius 3 is 2.89 bits per heavy atom. The van der Waals surface area contributed by atoms with Gasteiger partial charge in [0.15, 0.2) is 11.5 Å². The smallest absolute Gasteiger partial charge is 0.161 e. The molecule has 102 valence electrons. The van der Waals surface area contributed by atoms with Crippen molar-refractivity contribution in [3.8, 4) is 11.5 Å². The molecule has 1 aromatic carbocycles. The highest BCUT2D eigenvalue weighted by atomic mass is 35.5. The van der Waals surface area contributed by atoms with Crippen LogP contribution >= 0.6 is 12.4 Å². The molecule has 0 amide bonds. The van der Waals surface area contributed by atoms with Crippen LogP contribution in [0.25, 0.3) is 0 Å². The maximum Gasteiger partial charge on any atom is 0.161 e. The minimum atomic E-state index is -2.89. The van der Waals surface area contributed by atoms with E-state index in [1.165, 1.54) is 6.07 Å². The maximum absolute atomic E-state index is 7.53. The second-order valence-corrected chi connectivity index (χ2v) is 3.66. The van der Waals surface area contributed by atoms with Crippen LogP contribution in [0.2, 0.25) is 0 Å². The number of morpholine rings is 1. The lowest BCUT2D eigenvalue weighted by Gasteiger charge is -2.24. The zero-order chi connectivity index (χ0) is 16.2. The van der Waals surface area contributed by atoms with Crippen LogP contribution in [0, 0.1) is 0 Å². The highest BCUT2D eigenvalue weighted by Gasteiger charge is 2.14. The minimum absolute atomic E-state index is 0. The van der Waals surface area contributed by atoms with Crippen LogP contribution < -0.4 is 14.8 Å². The van der Waals surface area contributed by atoms with Crippen molar-refractivity contribution in [2.45, 2.75) is 13.0 Å². The van der Waals surface area contributed by atoms with E-state index in [1.54, 1.807) is 18.2 Å². The van der Waals surface area contributed by atoms with E-state index < -0.39 is 13.4 Å². The first-order valence-corrected chi connectivity index (χ1v) is 5.53. The van der Waals surface area contributed by atoms with Gasteiger partial charge < -0.3 is 19.5 Å². The first-order valence-electron chi connectivity index (χ1n) is 8.03. The van der Waals surface area contributed by atoms with Gasteiger partial charge in [-0.25, -0.2) is 0 Å². The zero-order valence-electron chi connectivity index (χ0n) is 14.8. The van der Waals surface area contributed by atoms with Gasteiger partial charge in [-0.05, 0) is 19.0 Å². The molecule has 1 heterocycles. The molecular weight excluding hydrogens is 254 g/mol. The van der Waals surface area contributed by atoms with Crippen molar-refractivity contribution in [3.05, 3.63) is 24.3 Å². The third kappa shape index (κ3) is 4.37. The van der Waals surface area contributed by atoms with E-state index in [4.69, 9.17) is 21.1 Å². The van der Waals surface area contributed by atoms with Gasteiger partial charge >= 0.3 is 0 Å². The Bertz CT molecular complexity index is 495. The van der Waals surface area contributed by atoms with Crippen molar-refractivity contribution in [1.29, 1.82) is 0 Å². The molecule has 0 bridgehead atoms. The van der Waals surface area contributed by atoms with Gasteiger partial charge in [0.05, 0.1) is 15.9 Å². The van der Waals surface area contributed by atoms with Gasteiger partial charge in [0, 0.05) is 17.2 Å². The van der Waals surface area contributed by atoms with Crippen LogP contribution in [0.15, 0.2) is 24.3 Å². The number of ether oxygens (including phenoxy) is 3. The normalized spacial score (nSPS) is 24.4. The molecule has 1 aromatic rings. The van der Waals surface area contributed by atoms with E-state index in [0.29, 0.717) is 13.2 Å². The van der Waals surface area contributed by atoms with Crippen molar-refractivity contribution in [2.75, 3.05) is 32.9 Å². The largest absolute Gasteiger partial charge is 0.490 e. The lowest BCUT2D eigenvalue weighted by molar-refractivity contribution is -0.000350. The van der Waals surface area contributed by atoms with Gasteiger partial charge in [0.2, 0.25) is 0 Å². The summed E-state index contributed by atoms with van der Waals surface area (Å²) in [5, 5.41) is 3.17. The number of hydrogen-bond acceptors (Lipinski definition) is 4. The predicted octanol–water partition coefficient (Wildman–Crippen LogP) is 1.87. The Kier molecular flexibility index (Phi) is 4.10. The summed E-state index contributed by atoms with van der Waals surface area (Å²) >= 11 is 0. The summed E-state index contributed by atoms with van der Waals surface area (Å²) in [5.74, 6) is 0.331. The third-order valence-electron chi connectivity index (χ3n) is 2.44. The molecule has 18 heavy (non-hydrogen) atoms. The number of hydrogen-bond donors (Lipinski definition) is 1. The number of nitrogens with one attached hydrogen (secondary N) is 1. The SMILES string of the molecule is Cl.[2H]C([2H])([2H])C([2H])([2H])Oc1ccccc1OC[C@@H]1CNCCO1. The Morgan fingerprint density at radius 1 is 1.44 bits per heavy atom. The second-order valence-electron chi connectivity index (χ2n) is 3.66. The summed E-state index contributed by atoms with van der Waals surface area (Å²) in [4.78, 5) is 0. The highest BCUT2D eigenvalue weighted by Crippen LogP contribution is 2.26. The molecule has 0 saturated carbocycles. The fourth-order valence-corrected chi connectivity index (χ4v) is 1.62. The molecule has 1 aliphatic rings. The molecule has 1 fully saturated rings. The van der Waals surface area contributed by atoms with E-state index in [0.717, 1.165) is 6.54 Å². The molecule has 4 nitrogen and oxygen atoms in total. The maximum atomic E-state index is 7.53. The summed E-state index contributed by atoms with van der Waals surface area (Å²) in [7, 11) is 0. The van der Waals surface area contributed by atoms with Gasteiger partial charge in [-0.1, -0.05) is 12.1 Å². The molecule has 5 heteroatoms. The van der Waals surface area contributed by atoms with Gasteiger partial charge in [0.25, 0.3) is 0 Å². The van der Waals surface area contributed by atoms with Crippen LogP contribution in [-0.4, -0.2) is 39.0 Å². The molecule has 0 spiro atoms. The summed E-state index contributed by atoms with van der Waals surface area (Å²) < 4.78 is 52.7. The van der Waals surface area contributed by atoms with Gasteiger partial charge in [-0.3, -0.25) is 0 Å². The monoisotopic (exact) mass is 278 g/mol. The fraction of sp³-hybridized carbons (Fsp3) is 0.538. The Morgan fingerprint density at radius 2 is 2.22 bits per heavy atom. The van der Waals surface area contributed by atoms with E-state index in [9.17, 15) is 0 Å². The zero-order valence-corrected chi connectivity index (χ0v) is 10.7. The molecule has 1 atom stereocenters. The lowest BCUT2D eigenvalue weighted by Crippen LogP contribution is -2.41. The van der Waals surface area contributed by atoms with E-state index in [-0.39, 0.29) is 36.6 Å². The summed E-state index contributed by atoms with van der Waals surface area (Å²) in [5.41, 5.74) is 0. The quantitative estimate of drug-likeness (QED) is 0.893. The average molecular weight is 279 g/mol. The Labute approximate surface area is 121 Å². The van der Waals surface area contributed by atoms with E-state index in [2.05, 4.69) is 5.32 Å². The highest BCUT2D eigenvalue weighted by molar-refractivity contribution is 5.85. The second kappa shape index (κ2) is 8.19. The van der Waals surface area contributed by atoms with E-state index >= 15 is 0 Å². The molecule has 1 saturated heterocycles. The predicted molar refractivity (Wildman–Crippen MR) is 73.0 cm³/mol. The first kappa shape index (κ1) is 9.02. The summed E-state index contributed by atoms with van der Waals surface area (Å²) in [6.07, 6.45) is -0.110. The number of halogens is 1. The van der Waals surface area contributed by atoms with Gasteiger partial charge in [0.1, 0.15) is 12.7 Å². The molecule has 0 aromatic heterocycles. The molecule has 0 aliphatic carbocycles. The topological polar surface area (TPSA) is 39.7 Å².